The second-order valence-electron chi connectivity index (χ2n) is 4.99. The van der Waals surface area contributed by atoms with Gasteiger partial charge in [-0.3, -0.25) is 4.79 Å². The summed E-state index contributed by atoms with van der Waals surface area (Å²) in [7, 11) is 0. The van der Waals surface area contributed by atoms with E-state index in [2.05, 4.69) is 20.4 Å². The summed E-state index contributed by atoms with van der Waals surface area (Å²) in [6, 6.07) is 7.22. The van der Waals surface area contributed by atoms with Crippen LogP contribution in [-0.2, 0) is 6.18 Å². The summed E-state index contributed by atoms with van der Waals surface area (Å²) in [6.45, 7) is -3.04. The standard InChI is InChI=1S/C16H14F5N3O2/c17-15(18)26-11-4-1-3-10(9-11)14(25)24-8-7-23-13-12(16(19,20)21)5-2-6-22-13/h1-6,9,15H,7-8H2,(H,22,23)(H,24,25). The summed E-state index contributed by atoms with van der Waals surface area (Å²) in [5, 5.41) is 4.95. The zero-order chi connectivity index (χ0) is 19.2. The van der Waals surface area contributed by atoms with E-state index in [0.29, 0.717) is 0 Å². The fourth-order valence-corrected chi connectivity index (χ4v) is 2.05. The van der Waals surface area contributed by atoms with E-state index in [1.165, 1.54) is 30.5 Å². The Bertz CT molecular complexity index is 753. The highest BCUT2D eigenvalue weighted by Crippen LogP contribution is 2.33. The molecular formula is C16H14F5N3O2. The molecule has 2 aromatic rings. The predicted octanol–water partition coefficient (Wildman–Crippen LogP) is 3.54. The Kier molecular flexibility index (Phi) is 6.31. The van der Waals surface area contributed by atoms with Crippen molar-refractivity contribution in [2.24, 2.45) is 0 Å². The molecule has 0 bridgehead atoms. The molecule has 0 aliphatic carbocycles. The lowest BCUT2D eigenvalue weighted by atomic mass is 10.2. The third-order valence-corrected chi connectivity index (χ3v) is 3.14. The third kappa shape index (κ3) is 5.57. The zero-order valence-electron chi connectivity index (χ0n) is 13.2. The topological polar surface area (TPSA) is 63.2 Å². The third-order valence-electron chi connectivity index (χ3n) is 3.14. The van der Waals surface area contributed by atoms with Gasteiger partial charge in [-0.25, -0.2) is 4.98 Å². The van der Waals surface area contributed by atoms with Crippen LogP contribution in [0.2, 0.25) is 0 Å². The van der Waals surface area contributed by atoms with E-state index in [1.54, 1.807) is 0 Å². The summed E-state index contributed by atoms with van der Waals surface area (Å²) in [5.74, 6) is -1.10. The van der Waals surface area contributed by atoms with E-state index in [0.717, 1.165) is 12.1 Å². The van der Waals surface area contributed by atoms with Crippen LogP contribution in [0.3, 0.4) is 0 Å². The van der Waals surface area contributed by atoms with Gasteiger partial charge in [0.05, 0.1) is 5.56 Å². The number of benzene rings is 1. The van der Waals surface area contributed by atoms with Crippen LogP contribution in [0, 0.1) is 0 Å². The molecule has 0 radical (unpaired) electrons. The SMILES string of the molecule is O=C(NCCNc1ncccc1C(F)(F)F)c1cccc(OC(F)F)c1. The van der Waals surface area contributed by atoms with Gasteiger partial charge < -0.3 is 15.4 Å². The van der Waals surface area contributed by atoms with Crippen molar-refractivity contribution < 1.29 is 31.5 Å². The van der Waals surface area contributed by atoms with E-state index in [4.69, 9.17) is 0 Å². The minimum atomic E-state index is -4.55. The normalized spacial score (nSPS) is 11.3. The maximum absolute atomic E-state index is 12.8. The van der Waals surface area contributed by atoms with E-state index in [9.17, 15) is 26.7 Å². The molecular weight excluding hydrogens is 361 g/mol. The molecule has 1 aromatic heterocycles. The number of carbonyl (C=O) groups is 1. The molecule has 0 fully saturated rings. The molecule has 0 unspecified atom stereocenters. The van der Waals surface area contributed by atoms with Crippen LogP contribution in [-0.4, -0.2) is 30.6 Å². The highest BCUT2D eigenvalue weighted by molar-refractivity contribution is 5.94. The van der Waals surface area contributed by atoms with Crippen LogP contribution in [0.15, 0.2) is 42.6 Å². The van der Waals surface area contributed by atoms with Crippen LogP contribution in [0.5, 0.6) is 5.75 Å². The van der Waals surface area contributed by atoms with Gasteiger partial charge in [0.25, 0.3) is 5.91 Å². The Morgan fingerprint density at radius 3 is 2.62 bits per heavy atom. The number of anilines is 1. The van der Waals surface area contributed by atoms with Gasteiger partial charge in [0, 0.05) is 24.8 Å². The zero-order valence-corrected chi connectivity index (χ0v) is 13.2. The van der Waals surface area contributed by atoms with E-state index in [-0.39, 0.29) is 30.2 Å². The van der Waals surface area contributed by atoms with Gasteiger partial charge in [-0.1, -0.05) is 6.07 Å². The second-order valence-corrected chi connectivity index (χ2v) is 4.99. The molecule has 0 saturated heterocycles. The first-order valence-corrected chi connectivity index (χ1v) is 7.36. The molecule has 26 heavy (non-hydrogen) atoms. The summed E-state index contributed by atoms with van der Waals surface area (Å²) < 4.78 is 67.0. The van der Waals surface area contributed by atoms with E-state index in [1.807, 2.05) is 0 Å². The fourth-order valence-electron chi connectivity index (χ4n) is 2.05. The molecule has 1 aromatic carbocycles. The summed E-state index contributed by atoms with van der Waals surface area (Å²) >= 11 is 0. The Morgan fingerprint density at radius 1 is 1.15 bits per heavy atom. The summed E-state index contributed by atoms with van der Waals surface area (Å²) in [6.07, 6.45) is -3.34. The van der Waals surface area contributed by atoms with Crippen LogP contribution < -0.4 is 15.4 Å². The molecule has 1 amide bonds. The molecule has 2 N–H and O–H groups in total. The molecule has 2 rings (SSSR count). The van der Waals surface area contributed by atoms with Crippen molar-refractivity contribution in [2.75, 3.05) is 18.4 Å². The Morgan fingerprint density at radius 2 is 1.92 bits per heavy atom. The number of hydrogen-bond acceptors (Lipinski definition) is 4. The number of hydrogen-bond donors (Lipinski definition) is 2. The second kappa shape index (κ2) is 8.45. The van der Waals surface area contributed by atoms with Gasteiger partial charge in [-0.15, -0.1) is 0 Å². The van der Waals surface area contributed by atoms with Crippen molar-refractivity contribution in [3.8, 4) is 5.75 Å². The average Bonchev–Trinajstić information content (AvgIpc) is 2.57. The van der Waals surface area contributed by atoms with E-state index >= 15 is 0 Å². The maximum atomic E-state index is 12.8. The average molecular weight is 375 g/mol. The molecule has 0 spiro atoms. The number of aromatic nitrogens is 1. The minimum absolute atomic E-state index is 0.00730. The summed E-state index contributed by atoms with van der Waals surface area (Å²) in [5.41, 5.74) is -0.833. The van der Waals surface area contributed by atoms with E-state index < -0.39 is 24.3 Å². The van der Waals surface area contributed by atoms with Crippen molar-refractivity contribution >= 4 is 11.7 Å². The van der Waals surface area contributed by atoms with Crippen LogP contribution in [0.1, 0.15) is 15.9 Å². The highest BCUT2D eigenvalue weighted by atomic mass is 19.4. The number of ether oxygens (including phenoxy) is 1. The van der Waals surface area contributed by atoms with Crippen molar-refractivity contribution in [3.05, 3.63) is 53.7 Å². The highest BCUT2D eigenvalue weighted by Gasteiger charge is 2.33. The number of rotatable bonds is 7. The number of nitrogens with zero attached hydrogens (tertiary/aromatic N) is 1. The first-order valence-electron chi connectivity index (χ1n) is 7.36. The quantitative estimate of drug-likeness (QED) is 0.574. The van der Waals surface area contributed by atoms with Crippen molar-refractivity contribution in [2.45, 2.75) is 12.8 Å². The molecule has 1 heterocycles. The predicted molar refractivity (Wildman–Crippen MR) is 83.1 cm³/mol. The Balaban J connectivity index is 1.88. The van der Waals surface area contributed by atoms with Gasteiger partial charge in [-0.2, -0.15) is 22.0 Å². The Labute approximate surface area is 145 Å². The number of carbonyl (C=O) groups excluding carboxylic acids is 1. The fraction of sp³-hybridized carbons (Fsp3) is 0.250. The van der Waals surface area contributed by atoms with Gasteiger partial charge >= 0.3 is 12.8 Å². The largest absolute Gasteiger partial charge is 0.435 e. The molecule has 0 saturated carbocycles. The smallest absolute Gasteiger partial charge is 0.419 e. The first kappa shape index (κ1) is 19.4. The molecule has 0 aliphatic rings. The number of alkyl halides is 5. The van der Waals surface area contributed by atoms with Crippen molar-refractivity contribution in [3.63, 3.8) is 0 Å². The number of nitrogens with one attached hydrogen (secondary N) is 2. The van der Waals surface area contributed by atoms with Gasteiger partial charge in [0.2, 0.25) is 0 Å². The number of amides is 1. The number of pyridine rings is 1. The lowest BCUT2D eigenvalue weighted by Gasteiger charge is -2.13. The minimum Gasteiger partial charge on any atom is -0.435 e. The molecule has 0 aliphatic heterocycles. The molecule has 140 valence electrons. The number of halogens is 5. The molecule has 5 nitrogen and oxygen atoms in total. The monoisotopic (exact) mass is 375 g/mol. The van der Waals surface area contributed by atoms with Crippen molar-refractivity contribution in [1.82, 2.24) is 10.3 Å². The molecule has 10 heteroatoms. The summed E-state index contributed by atoms with van der Waals surface area (Å²) in [4.78, 5) is 15.6. The van der Waals surface area contributed by atoms with Crippen molar-refractivity contribution in [1.29, 1.82) is 0 Å². The van der Waals surface area contributed by atoms with Gasteiger partial charge in [0.15, 0.2) is 0 Å². The van der Waals surface area contributed by atoms with Crippen LogP contribution in [0.4, 0.5) is 27.8 Å². The Hall–Kier alpha value is -2.91. The first-order chi connectivity index (χ1) is 12.3. The van der Waals surface area contributed by atoms with Gasteiger partial charge in [0.1, 0.15) is 11.6 Å². The lowest BCUT2D eigenvalue weighted by Crippen LogP contribution is -2.29. The van der Waals surface area contributed by atoms with Gasteiger partial charge in [-0.05, 0) is 30.3 Å². The maximum Gasteiger partial charge on any atom is 0.419 e. The van der Waals surface area contributed by atoms with Crippen LogP contribution >= 0.6 is 0 Å². The molecule has 0 atom stereocenters. The lowest BCUT2D eigenvalue weighted by molar-refractivity contribution is -0.137. The van der Waals surface area contributed by atoms with Crippen LogP contribution in [0.25, 0.3) is 0 Å².